The van der Waals surface area contributed by atoms with Crippen molar-refractivity contribution in [3.05, 3.63) is 32.5 Å². The number of hydrogen-bond acceptors (Lipinski definition) is 3. The molecule has 5 heteroatoms. The van der Waals surface area contributed by atoms with Crippen LogP contribution < -0.4 is 0 Å². The van der Waals surface area contributed by atoms with E-state index >= 15 is 0 Å². The number of nitrogens with zero attached hydrogens (tertiary/aromatic N) is 2. The smallest absolute Gasteiger partial charge is 0.258 e. The van der Waals surface area contributed by atoms with Crippen LogP contribution in [-0.4, -0.2) is 9.91 Å². The Morgan fingerprint density at radius 3 is 2.75 bits per heavy atom. The molecule has 0 aliphatic heterocycles. The lowest BCUT2D eigenvalue weighted by molar-refractivity contribution is -0.385. The second kappa shape index (κ2) is 3.62. The van der Waals surface area contributed by atoms with E-state index in [1.54, 1.807) is 6.20 Å². The van der Waals surface area contributed by atoms with Gasteiger partial charge in [0.25, 0.3) is 5.69 Å². The van der Waals surface area contributed by atoms with Crippen LogP contribution in [0.3, 0.4) is 0 Å². The third-order valence-electron chi connectivity index (χ3n) is 1.53. The molecule has 0 spiro atoms. The normalized spacial score (nSPS) is 9.83. The molecule has 4 nitrogen and oxygen atoms in total. The quantitative estimate of drug-likeness (QED) is 0.579. The molecule has 0 amide bonds. The lowest BCUT2D eigenvalue weighted by atomic mass is 10.2. The van der Waals surface area contributed by atoms with Crippen molar-refractivity contribution in [2.45, 2.75) is 13.3 Å². The highest BCUT2D eigenvalue weighted by Gasteiger charge is 2.14. The third kappa shape index (κ3) is 1.61. The molecule has 0 atom stereocenters. The van der Waals surface area contributed by atoms with Crippen LogP contribution in [-0.2, 0) is 6.42 Å². The van der Waals surface area contributed by atoms with Crippen molar-refractivity contribution in [1.82, 2.24) is 4.98 Å². The average Bonchev–Trinajstić information content (AvgIpc) is 2.03. The number of aromatic nitrogens is 1. The van der Waals surface area contributed by atoms with Crippen LogP contribution in [0.15, 0.2) is 16.9 Å². The summed E-state index contributed by atoms with van der Waals surface area (Å²) in [5.41, 5.74) is 0.766. The molecular weight excluding hydrogens is 224 g/mol. The minimum absolute atomic E-state index is 0.0758. The summed E-state index contributed by atoms with van der Waals surface area (Å²) >= 11 is 3.21. The number of hydrogen-bond donors (Lipinski definition) is 0. The van der Waals surface area contributed by atoms with E-state index < -0.39 is 4.92 Å². The van der Waals surface area contributed by atoms with Crippen LogP contribution in [0, 0.1) is 10.1 Å². The van der Waals surface area contributed by atoms with Gasteiger partial charge in [0.1, 0.15) is 6.20 Å². The highest BCUT2D eigenvalue weighted by Crippen LogP contribution is 2.25. The predicted octanol–water partition coefficient (Wildman–Crippen LogP) is 2.31. The van der Waals surface area contributed by atoms with Crippen LogP contribution in [0.25, 0.3) is 0 Å². The molecule has 12 heavy (non-hydrogen) atoms. The number of rotatable bonds is 2. The lowest BCUT2D eigenvalue weighted by Crippen LogP contribution is -1.96. The van der Waals surface area contributed by atoms with Gasteiger partial charge in [-0.05, 0) is 22.4 Å². The van der Waals surface area contributed by atoms with E-state index in [-0.39, 0.29) is 5.69 Å². The van der Waals surface area contributed by atoms with Crippen molar-refractivity contribution in [2.75, 3.05) is 0 Å². The maximum atomic E-state index is 10.5. The summed E-state index contributed by atoms with van der Waals surface area (Å²) in [7, 11) is 0. The zero-order valence-corrected chi connectivity index (χ0v) is 8.04. The lowest BCUT2D eigenvalue weighted by Gasteiger charge is -2.00. The zero-order chi connectivity index (χ0) is 9.14. The summed E-state index contributed by atoms with van der Waals surface area (Å²) in [5.74, 6) is 0. The Morgan fingerprint density at radius 1 is 1.67 bits per heavy atom. The molecule has 0 N–H and O–H groups in total. The van der Waals surface area contributed by atoms with E-state index in [0.29, 0.717) is 16.5 Å². The first-order valence-corrected chi connectivity index (χ1v) is 4.23. The minimum atomic E-state index is -0.420. The Kier molecular flexibility index (Phi) is 2.75. The molecule has 0 aromatic carbocycles. The Balaban J connectivity index is 3.27. The van der Waals surface area contributed by atoms with Crippen LogP contribution in [0.2, 0.25) is 0 Å². The van der Waals surface area contributed by atoms with Crippen molar-refractivity contribution >= 4 is 21.6 Å². The fraction of sp³-hybridized carbons (Fsp3) is 0.286. The van der Waals surface area contributed by atoms with Gasteiger partial charge in [-0.15, -0.1) is 0 Å². The first kappa shape index (κ1) is 9.12. The molecule has 1 heterocycles. The highest BCUT2D eigenvalue weighted by atomic mass is 79.9. The minimum Gasteiger partial charge on any atom is -0.258 e. The number of nitro groups is 1. The van der Waals surface area contributed by atoms with E-state index in [2.05, 4.69) is 20.9 Å². The van der Waals surface area contributed by atoms with E-state index in [1.165, 1.54) is 6.20 Å². The van der Waals surface area contributed by atoms with E-state index in [0.717, 1.165) is 0 Å². The van der Waals surface area contributed by atoms with Gasteiger partial charge in [0.2, 0.25) is 0 Å². The first-order chi connectivity index (χ1) is 5.66. The first-order valence-electron chi connectivity index (χ1n) is 3.43. The van der Waals surface area contributed by atoms with Crippen LogP contribution in [0.1, 0.15) is 12.5 Å². The summed E-state index contributed by atoms with van der Waals surface area (Å²) < 4.78 is 0.694. The van der Waals surface area contributed by atoms with Crippen molar-refractivity contribution in [3.8, 4) is 0 Å². The maximum Gasteiger partial charge on any atom is 0.291 e. The molecule has 0 saturated heterocycles. The summed E-state index contributed by atoms with van der Waals surface area (Å²) in [6, 6.07) is 0. The molecule has 64 valence electrons. The van der Waals surface area contributed by atoms with Gasteiger partial charge < -0.3 is 0 Å². The fourth-order valence-corrected chi connectivity index (χ4v) is 1.56. The van der Waals surface area contributed by atoms with Gasteiger partial charge in [-0.2, -0.15) is 0 Å². The zero-order valence-electron chi connectivity index (χ0n) is 6.45. The molecule has 0 radical (unpaired) electrons. The van der Waals surface area contributed by atoms with Gasteiger partial charge in [-0.3, -0.25) is 15.1 Å². The number of halogens is 1. The van der Waals surface area contributed by atoms with Gasteiger partial charge in [0.05, 0.1) is 4.92 Å². The summed E-state index contributed by atoms with van der Waals surface area (Å²) in [4.78, 5) is 13.8. The maximum absolute atomic E-state index is 10.5. The highest BCUT2D eigenvalue weighted by molar-refractivity contribution is 9.10. The van der Waals surface area contributed by atoms with Crippen molar-refractivity contribution in [1.29, 1.82) is 0 Å². The summed E-state index contributed by atoms with van der Waals surface area (Å²) in [6.07, 6.45) is 3.45. The molecule has 1 aromatic heterocycles. The molecule has 1 aromatic rings. The van der Waals surface area contributed by atoms with Crippen LogP contribution >= 0.6 is 15.9 Å². The second-order valence-corrected chi connectivity index (χ2v) is 3.08. The van der Waals surface area contributed by atoms with Crippen LogP contribution in [0.5, 0.6) is 0 Å². The Hall–Kier alpha value is -0.970. The van der Waals surface area contributed by atoms with Crippen LogP contribution in [0.4, 0.5) is 5.69 Å². The molecule has 0 aliphatic carbocycles. The monoisotopic (exact) mass is 230 g/mol. The second-order valence-electron chi connectivity index (χ2n) is 2.23. The van der Waals surface area contributed by atoms with Gasteiger partial charge in [0.15, 0.2) is 0 Å². The predicted molar refractivity (Wildman–Crippen MR) is 48.0 cm³/mol. The van der Waals surface area contributed by atoms with Gasteiger partial charge in [-0.1, -0.05) is 6.92 Å². The SMILES string of the molecule is CCc1c(Br)cncc1[N+](=O)[O-]. The topological polar surface area (TPSA) is 56.0 Å². The van der Waals surface area contributed by atoms with Gasteiger partial charge in [0, 0.05) is 16.2 Å². The fourth-order valence-electron chi connectivity index (χ4n) is 0.959. The van der Waals surface area contributed by atoms with Gasteiger partial charge in [-0.25, -0.2) is 0 Å². The van der Waals surface area contributed by atoms with E-state index in [9.17, 15) is 10.1 Å². The standard InChI is InChI=1S/C7H7BrN2O2/c1-2-5-6(8)3-9-4-7(5)10(11)12/h3-4H,2H2,1H3. The number of pyridine rings is 1. The van der Waals surface area contributed by atoms with E-state index in [1.807, 2.05) is 6.92 Å². The Labute approximate surface area is 77.9 Å². The molecule has 1 rings (SSSR count). The molecular formula is C7H7BrN2O2. The average molecular weight is 231 g/mol. The van der Waals surface area contributed by atoms with Crippen molar-refractivity contribution in [3.63, 3.8) is 0 Å². The molecule has 0 aliphatic rings. The van der Waals surface area contributed by atoms with Gasteiger partial charge >= 0.3 is 0 Å². The van der Waals surface area contributed by atoms with Crippen molar-refractivity contribution < 1.29 is 4.92 Å². The Bertz CT molecular complexity index is 314. The molecule has 0 fully saturated rings. The molecule has 0 bridgehead atoms. The largest absolute Gasteiger partial charge is 0.291 e. The molecule has 0 unspecified atom stereocenters. The van der Waals surface area contributed by atoms with Crippen molar-refractivity contribution in [2.24, 2.45) is 0 Å². The van der Waals surface area contributed by atoms with E-state index in [4.69, 9.17) is 0 Å². The summed E-state index contributed by atoms with van der Waals surface area (Å²) in [6.45, 7) is 1.87. The third-order valence-corrected chi connectivity index (χ3v) is 2.22. The Morgan fingerprint density at radius 2 is 2.33 bits per heavy atom. The molecule has 0 saturated carbocycles. The summed E-state index contributed by atoms with van der Waals surface area (Å²) in [5, 5.41) is 10.5.